The van der Waals surface area contributed by atoms with Crippen molar-refractivity contribution >= 4 is 11.8 Å². The molecular weight excluding hydrogens is 330 g/mol. The van der Waals surface area contributed by atoms with Gasteiger partial charge in [-0.2, -0.15) is 5.48 Å². The number of hydrogen-bond acceptors (Lipinski definition) is 5. The highest BCUT2D eigenvalue weighted by atomic mass is 16.6. The van der Waals surface area contributed by atoms with Gasteiger partial charge in [0.2, 0.25) is 0 Å². The van der Waals surface area contributed by atoms with Crippen LogP contribution in [-0.2, 0) is 16.2 Å². The molecule has 138 valence electrons. The van der Waals surface area contributed by atoms with Crippen LogP contribution in [0.4, 0.5) is 10.5 Å². The summed E-state index contributed by atoms with van der Waals surface area (Å²) in [5.41, 5.74) is 8.62. The fourth-order valence-electron chi connectivity index (χ4n) is 2.71. The summed E-state index contributed by atoms with van der Waals surface area (Å²) in [7, 11) is 0. The number of hydrogen-bond donors (Lipinski definition) is 2. The van der Waals surface area contributed by atoms with E-state index in [1.54, 1.807) is 0 Å². The first-order chi connectivity index (χ1) is 12.4. The molecule has 0 saturated heterocycles. The summed E-state index contributed by atoms with van der Waals surface area (Å²) in [4.78, 5) is 18.1. The number of hydroxylamine groups is 1. The number of fused-ring (bicyclic) bond motifs is 1. The van der Waals surface area contributed by atoms with Crippen molar-refractivity contribution in [2.45, 2.75) is 39.0 Å². The number of para-hydroxylation sites is 1. The number of rotatable bonds is 4. The van der Waals surface area contributed by atoms with Gasteiger partial charge in [0, 0.05) is 0 Å². The number of carbonyl (C=O) groups excluding carboxylic acids is 1. The molecule has 6 nitrogen and oxygen atoms in total. The zero-order chi connectivity index (χ0) is 18.6. The van der Waals surface area contributed by atoms with Crippen LogP contribution in [0.25, 0.3) is 0 Å². The van der Waals surface area contributed by atoms with Gasteiger partial charge in [-0.05, 0) is 38.0 Å². The third-order valence-electron chi connectivity index (χ3n) is 3.88. The monoisotopic (exact) mass is 355 g/mol. The summed E-state index contributed by atoms with van der Waals surface area (Å²) in [5, 5.41) is 1.47. The van der Waals surface area contributed by atoms with Gasteiger partial charge in [-0.25, -0.2) is 9.80 Å². The van der Waals surface area contributed by atoms with Crippen LogP contribution < -0.4 is 10.9 Å². The molecule has 6 heteroatoms. The Morgan fingerprint density at radius 1 is 1.15 bits per heavy atom. The molecule has 0 aromatic heterocycles. The van der Waals surface area contributed by atoms with Crippen LogP contribution in [0.1, 0.15) is 37.9 Å². The van der Waals surface area contributed by atoms with E-state index >= 15 is 0 Å². The molecule has 2 N–H and O–H groups in total. The van der Waals surface area contributed by atoms with Gasteiger partial charge < -0.3 is 4.74 Å². The SMILES string of the molecule is CC(C)(C)OC(=O)N1CC(NOCc2ccccc2)c2ccccc2N1. The van der Waals surface area contributed by atoms with E-state index in [0.717, 1.165) is 16.8 Å². The first-order valence-electron chi connectivity index (χ1n) is 8.70. The molecule has 0 bridgehead atoms. The van der Waals surface area contributed by atoms with Crippen LogP contribution in [0, 0.1) is 0 Å². The highest BCUT2D eigenvalue weighted by molar-refractivity contribution is 5.72. The van der Waals surface area contributed by atoms with Crippen molar-refractivity contribution in [2.24, 2.45) is 0 Å². The molecule has 1 aliphatic heterocycles. The lowest BCUT2D eigenvalue weighted by Gasteiger charge is -2.36. The number of hydrazine groups is 1. The number of benzene rings is 2. The summed E-state index contributed by atoms with van der Waals surface area (Å²) < 4.78 is 5.47. The summed E-state index contributed by atoms with van der Waals surface area (Å²) in [6.07, 6.45) is -0.415. The van der Waals surface area contributed by atoms with E-state index in [9.17, 15) is 4.79 Å². The number of anilines is 1. The third kappa shape index (κ3) is 4.74. The van der Waals surface area contributed by atoms with E-state index in [2.05, 4.69) is 10.9 Å². The van der Waals surface area contributed by atoms with E-state index in [0.29, 0.717) is 13.2 Å². The largest absolute Gasteiger partial charge is 0.442 e. The number of ether oxygens (including phenoxy) is 1. The van der Waals surface area contributed by atoms with Crippen molar-refractivity contribution in [2.75, 3.05) is 12.0 Å². The maximum absolute atomic E-state index is 12.4. The van der Waals surface area contributed by atoms with Crippen LogP contribution in [-0.4, -0.2) is 23.2 Å². The molecule has 2 aromatic rings. The molecule has 1 aliphatic rings. The van der Waals surface area contributed by atoms with Crippen LogP contribution in [0.3, 0.4) is 0 Å². The van der Waals surface area contributed by atoms with Crippen molar-refractivity contribution in [1.82, 2.24) is 10.5 Å². The van der Waals surface area contributed by atoms with E-state index in [4.69, 9.17) is 9.57 Å². The van der Waals surface area contributed by atoms with Gasteiger partial charge in [0.05, 0.1) is 24.9 Å². The first kappa shape index (κ1) is 18.2. The van der Waals surface area contributed by atoms with Gasteiger partial charge in [-0.3, -0.25) is 10.3 Å². The number of nitrogens with zero attached hydrogens (tertiary/aromatic N) is 1. The molecule has 1 heterocycles. The normalized spacial score (nSPS) is 16.6. The Balaban J connectivity index is 1.68. The lowest BCUT2D eigenvalue weighted by molar-refractivity contribution is -0.0121. The lowest BCUT2D eigenvalue weighted by atomic mass is 10.0. The number of nitrogens with one attached hydrogen (secondary N) is 2. The quantitative estimate of drug-likeness (QED) is 0.811. The van der Waals surface area contributed by atoms with Crippen LogP contribution in [0.2, 0.25) is 0 Å². The molecule has 0 fully saturated rings. The minimum absolute atomic E-state index is 0.163. The van der Waals surface area contributed by atoms with E-state index in [1.165, 1.54) is 5.01 Å². The van der Waals surface area contributed by atoms with Crippen molar-refractivity contribution in [1.29, 1.82) is 0 Å². The standard InChI is InChI=1S/C20H25N3O3/c1-20(2,3)26-19(24)23-13-18(16-11-7-8-12-17(16)21-23)22-25-14-15-9-5-4-6-10-15/h4-12,18,21-22H,13-14H2,1-3H3. The van der Waals surface area contributed by atoms with Crippen LogP contribution in [0.5, 0.6) is 0 Å². The topological polar surface area (TPSA) is 62.8 Å². The minimum atomic E-state index is -0.553. The van der Waals surface area contributed by atoms with Crippen molar-refractivity contribution in [3.05, 3.63) is 65.7 Å². The fourth-order valence-corrected chi connectivity index (χ4v) is 2.71. The van der Waals surface area contributed by atoms with Gasteiger partial charge in [0.25, 0.3) is 0 Å². The average molecular weight is 355 g/mol. The van der Waals surface area contributed by atoms with Crippen molar-refractivity contribution in [3.8, 4) is 0 Å². The molecule has 1 atom stereocenters. The Bertz CT molecular complexity index is 743. The molecule has 26 heavy (non-hydrogen) atoms. The Morgan fingerprint density at radius 3 is 2.58 bits per heavy atom. The second-order valence-corrected chi connectivity index (χ2v) is 7.23. The molecule has 0 spiro atoms. The maximum Gasteiger partial charge on any atom is 0.429 e. The van der Waals surface area contributed by atoms with Crippen molar-refractivity contribution in [3.63, 3.8) is 0 Å². The second kappa shape index (κ2) is 7.76. The number of amides is 1. The molecule has 1 unspecified atom stereocenters. The lowest BCUT2D eigenvalue weighted by Crippen LogP contribution is -2.48. The van der Waals surface area contributed by atoms with Gasteiger partial charge in [-0.15, -0.1) is 0 Å². The second-order valence-electron chi connectivity index (χ2n) is 7.23. The predicted octanol–water partition coefficient (Wildman–Crippen LogP) is 4.03. The summed E-state index contributed by atoms with van der Waals surface area (Å²) in [6.45, 7) is 6.38. The zero-order valence-corrected chi connectivity index (χ0v) is 15.4. The Kier molecular flexibility index (Phi) is 5.44. The third-order valence-corrected chi connectivity index (χ3v) is 3.88. The molecular formula is C20H25N3O3. The highest BCUT2D eigenvalue weighted by Crippen LogP contribution is 2.29. The van der Waals surface area contributed by atoms with Crippen LogP contribution in [0.15, 0.2) is 54.6 Å². The molecule has 0 aliphatic carbocycles. The van der Waals surface area contributed by atoms with E-state index in [1.807, 2.05) is 75.4 Å². The Hall–Kier alpha value is -2.57. The van der Waals surface area contributed by atoms with Gasteiger partial charge >= 0.3 is 6.09 Å². The average Bonchev–Trinajstić information content (AvgIpc) is 2.61. The molecule has 0 radical (unpaired) electrons. The molecule has 1 amide bonds. The number of carbonyl (C=O) groups is 1. The Morgan fingerprint density at radius 2 is 1.85 bits per heavy atom. The minimum Gasteiger partial charge on any atom is -0.442 e. The molecule has 3 rings (SSSR count). The Labute approximate surface area is 154 Å². The van der Waals surface area contributed by atoms with Crippen LogP contribution >= 0.6 is 0 Å². The van der Waals surface area contributed by atoms with E-state index in [-0.39, 0.29) is 6.04 Å². The maximum atomic E-state index is 12.4. The van der Waals surface area contributed by atoms with Gasteiger partial charge in [0.1, 0.15) is 5.60 Å². The molecule has 2 aromatic carbocycles. The zero-order valence-electron chi connectivity index (χ0n) is 15.4. The summed E-state index contributed by atoms with van der Waals surface area (Å²) >= 11 is 0. The fraction of sp³-hybridized carbons (Fsp3) is 0.350. The van der Waals surface area contributed by atoms with Gasteiger partial charge in [-0.1, -0.05) is 48.5 Å². The van der Waals surface area contributed by atoms with Gasteiger partial charge in [0.15, 0.2) is 0 Å². The van der Waals surface area contributed by atoms with Crippen molar-refractivity contribution < 1.29 is 14.4 Å². The highest BCUT2D eigenvalue weighted by Gasteiger charge is 2.31. The predicted molar refractivity (Wildman–Crippen MR) is 100 cm³/mol. The molecule has 0 saturated carbocycles. The van der Waals surface area contributed by atoms with E-state index < -0.39 is 11.7 Å². The smallest absolute Gasteiger partial charge is 0.429 e. The summed E-state index contributed by atoms with van der Waals surface area (Å²) in [6, 6.07) is 17.6. The first-order valence-corrected chi connectivity index (χ1v) is 8.70. The summed E-state index contributed by atoms with van der Waals surface area (Å²) in [5.74, 6) is 0.